The van der Waals surface area contributed by atoms with Crippen molar-refractivity contribution in [2.24, 2.45) is 0 Å². The lowest BCUT2D eigenvalue weighted by Crippen LogP contribution is -2.49. The number of nitrogens with zero attached hydrogens (tertiary/aromatic N) is 2. The predicted molar refractivity (Wildman–Crippen MR) is 106 cm³/mol. The van der Waals surface area contributed by atoms with Crippen LogP contribution in [0, 0.1) is 5.82 Å². The fraction of sp³-hybridized carbons (Fsp3) is 0.286. The second-order valence-electron chi connectivity index (χ2n) is 6.71. The van der Waals surface area contributed by atoms with Crippen molar-refractivity contribution in [1.29, 1.82) is 0 Å². The molecule has 0 aliphatic carbocycles. The normalized spacial score (nSPS) is 14.4. The molecule has 146 valence electrons. The highest BCUT2D eigenvalue weighted by Crippen LogP contribution is 2.32. The van der Waals surface area contributed by atoms with Gasteiger partial charge in [0.25, 0.3) is 5.91 Å². The number of aromatic amines is 1. The summed E-state index contributed by atoms with van der Waals surface area (Å²) in [5, 5.41) is 0.881. The number of nitrogens with one attached hydrogen (secondary N) is 1. The number of halogens is 1. The highest BCUT2D eigenvalue weighted by molar-refractivity contribution is 5.98. The van der Waals surface area contributed by atoms with Gasteiger partial charge in [-0.25, -0.2) is 4.39 Å². The van der Waals surface area contributed by atoms with Gasteiger partial charge >= 0.3 is 0 Å². The van der Waals surface area contributed by atoms with Crippen LogP contribution in [-0.4, -0.2) is 56.2 Å². The average Bonchev–Trinajstić information content (AvgIpc) is 3.15. The number of hydrogen-bond donors (Lipinski definition) is 1. The number of hydrogen-bond acceptors (Lipinski definition) is 4. The topological polar surface area (TPSA) is 57.8 Å². The third-order valence-electron chi connectivity index (χ3n) is 5.12. The first-order valence-electron chi connectivity index (χ1n) is 9.14. The smallest absolute Gasteiger partial charge is 0.270 e. The first-order valence-corrected chi connectivity index (χ1v) is 9.14. The number of carbonyl (C=O) groups is 1. The van der Waals surface area contributed by atoms with Gasteiger partial charge in [0.2, 0.25) is 0 Å². The van der Waals surface area contributed by atoms with Crippen molar-refractivity contribution in [2.45, 2.75) is 0 Å². The number of piperazine rings is 1. The maximum absolute atomic E-state index is 14.0. The third-order valence-corrected chi connectivity index (χ3v) is 5.12. The molecule has 1 aliphatic rings. The van der Waals surface area contributed by atoms with Gasteiger partial charge in [-0.1, -0.05) is 12.1 Å². The lowest BCUT2D eigenvalue weighted by molar-refractivity contribution is 0.0741. The second-order valence-corrected chi connectivity index (χ2v) is 6.71. The quantitative estimate of drug-likeness (QED) is 0.751. The molecule has 4 rings (SSSR count). The van der Waals surface area contributed by atoms with Crippen LogP contribution >= 0.6 is 0 Å². The van der Waals surface area contributed by atoms with Gasteiger partial charge < -0.3 is 24.3 Å². The molecule has 6 nitrogen and oxygen atoms in total. The van der Waals surface area contributed by atoms with Crippen molar-refractivity contribution >= 4 is 22.5 Å². The minimum absolute atomic E-state index is 0.0673. The van der Waals surface area contributed by atoms with E-state index in [1.807, 2.05) is 29.2 Å². The highest BCUT2D eigenvalue weighted by atomic mass is 19.1. The summed E-state index contributed by atoms with van der Waals surface area (Å²) in [5.41, 5.74) is 1.91. The van der Waals surface area contributed by atoms with E-state index in [1.165, 1.54) is 6.07 Å². The Hall–Kier alpha value is -3.22. The Labute approximate surface area is 162 Å². The fourth-order valence-electron chi connectivity index (χ4n) is 3.60. The molecular formula is C21H22FN3O3. The Kier molecular flexibility index (Phi) is 4.81. The molecule has 0 saturated carbocycles. The number of para-hydroxylation sites is 1. The summed E-state index contributed by atoms with van der Waals surface area (Å²) in [5.74, 6) is 0.920. The summed E-state index contributed by atoms with van der Waals surface area (Å²) < 4.78 is 24.6. The number of aromatic nitrogens is 1. The van der Waals surface area contributed by atoms with Crippen LogP contribution < -0.4 is 14.4 Å². The molecule has 0 bridgehead atoms. The minimum Gasteiger partial charge on any atom is -0.493 e. The maximum Gasteiger partial charge on any atom is 0.270 e. The van der Waals surface area contributed by atoms with E-state index in [0.29, 0.717) is 49.1 Å². The molecule has 1 aliphatic heterocycles. The first-order chi connectivity index (χ1) is 13.6. The summed E-state index contributed by atoms with van der Waals surface area (Å²) in [6.45, 7) is 2.26. The zero-order valence-electron chi connectivity index (χ0n) is 15.9. The predicted octanol–water partition coefficient (Wildman–Crippen LogP) is 3.29. The SMILES string of the molecule is COc1cc2cc(C(=O)N3CCN(c4ccccc4F)CC3)[nH]c2cc1OC. The number of ether oxygens (including phenoxy) is 2. The molecule has 0 atom stereocenters. The monoisotopic (exact) mass is 383 g/mol. The van der Waals surface area contributed by atoms with Gasteiger partial charge in [-0.2, -0.15) is 0 Å². The van der Waals surface area contributed by atoms with E-state index >= 15 is 0 Å². The number of amides is 1. The molecule has 0 spiro atoms. The van der Waals surface area contributed by atoms with E-state index in [1.54, 1.807) is 31.3 Å². The van der Waals surface area contributed by atoms with Crippen LogP contribution in [0.4, 0.5) is 10.1 Å². The molecule has 3 aromatic rings. The van der Waals surface area contributed by atoms with Gasteiger partial charge in [0.15, 0.2) is 11.5 Å². The van der Waals surface area contributed by atoms with E-state index in [-0.39, 0.29) is 11.7 Å². The maximum atomic E-state index is 14.0. The van der Waals surface area contributed by atoms with Crippen molar-refractivity contribution in [3.63, 3.8) is 0 Å². The molecule has 1 N–H and O–H groups in total. The van der Waals surface area contributed by atoms with Gasteiger partial charge in [0.1, 0.15) is 11.5 Å². The zero-order chi connectivity index (χ0) is 19.7. The average molecular weight is 383 g/mol. The Morgan fingerprint density at radius 3 is 2.36 bits per heavy atom. The van der Waals surface area contributed by atoms with Crippen molar-refractivity contribution in [3.8, 4) is 11.5 Å². The molecule has 1 saturated heterocycles. The van der Waals surface area contributed by atoms with Crippen LogP contribution in [0.3, 0.4) is 0 Å². The molecule has 2 aromatic carbocycles. The van der Waals surface area contributed by atoms with Crippen LogP contribution in [0.1, 0.15) is 10.5 Å². The van der Waals surface area contributed by atoms with Crippen molar-refractivity contribution in [3.05, 3.63) is 54.0 Å². The van der Waals surface area contributed by atoms with Crippen LogP contribution in [0.15, 0.2) is 42.5 Å². The van der Waals surface area contributed by atoms with Gasteiger partial charge in [-0.15, -0.1) is 0 Å². The second kappa shape index (κ2) is 7.42. The molecule has 1 fully saturated rings. The Morgan fingerprint density at radius 1 is 1.00 bits per heavy atom. The molecule has 0 unspecified atom stereocenters. The summed E-state index contributed by atoms with van der Waals surface area (Å²) in [6, 6.07) is 12.2. The van der Waals surface area contributed by atoms with E-state index in [2.05, 4.69) is 4.98 Å². The lowest BCUT2D eigenvalue weighted by Gasteiger charge is -2.36. The third kappa shape index (κ3) is 3.24. The van der Waals surface area contributed by atoms with Gasteiger partial charge in [0, 0.05) is 43.1 Å². The standard InChI is InChI=1S/C21H22FN3O3/c1-27-19-12-14-11-17(23-16(14)13-20(19)28-2)21(26)25-9-7-24(8-10-25)18-6-4-3-5-15(18)22/h3-6,11-13,23H,7-10H2,1-2H3. The van der Waals surface area contributed by atoms with Crippen molar-refractivity contribution < 1.29 is 18.7 Å². The van der Waals surface area contributed by atoms with E-state index in [0.717, 1.165) is 10.9 Å². The van der Waals surface area contributed by atoms with Crippen molar-refractivity contribution in [1.82, 2.24) is 9.88 Å². The highest BCUT2D eigenvalue weighted by Gasteiger charge is 2.24. The minimum atomic E-state index is -0.235. The fourth-order valence-corrected chi connectivity index (χ4v) is 3.60. The van der Waals surface area contributed by atoms with E-state index < -0.39 is 0 Å². The number of rotatable bonds is 4. The summed E-state index contributed by atoms with van der Waals surface area (Å²) in [6.07, 6.45) is 0. The molecule has 2 heterocycles. The van der Waals surface area contributed by atoms with Crippen LogP contribution in [0.2, 0.25) is 0 Å². The van der Waals surface area contributed by atoms with Gasteiger partial charge in [-0.05, 0) is 24.3 Å². The summed E-state index contributed by atoms with van der Waals surface area (Å²) in [4.78, 5) is 19.9. The summed E-state index contributed by atoms with van der Waals surface area (Å²) in [7, 11) is 3.16. The van der Waals surface area contributed by atoms with Crippen LogP contribution in [0.25, 0.3) is 10.9 Å². The molecule has 1 aromatic heterocycles. The Balaban J connectivity index is 1.50. The number of H-pyrrole nitrogens is 1. The van der Waals surface area contributed by atoms with Crippen molar-refractivity contribution in [2.75, 3.05) is 45.3 Å². The molecule has 7 heteroatoms. The summed E-state index contributed by atoms with van der Waals surface area (Å²) >= 11 is 0. The largest absolute Gasteiger partial charge is 0.493 e. The molecule has 0 radical (unpaired) electrons. The molecule has 28 heavy (non-hydrogen) atoms. The van der Waals surface area contributed by atoms with Crippen LogP contribution in [-0.2, 0) is 0 Å². The van der Waals surface area contributed by atoms with E-state index in [4.69, 9.17) is 9.47 Å². The zero-order valence-corrected chi connectivity index (χ0v) is 15.9. The van der Waals surface area contributed by atoms with Gasteiger partial charge in [0.05, 0.1) is 19.9 Å². The molecular weight excluding hydrogens is 361 g/mol. The van der Waals surface area contributed by atoms with Crippen LogP contribution in [0.5, 0.6) is 11.5 Å². The number of carbonyl (C=O) groups excluding carboxylic acids is 1. The first kappa shape index (κ1) is 18.2. The number of fused-ring (bicyclic) bond motifs is 1. The number of anilines is 1. The Morgan fingerprint density at radius 2 is 1.68 bits per heavy atom. The Bertz CT molecular complexity index is 968. The number of benzene rings is 2. The lowest BCUT2D eigenvalue weighted by atomic mass is 10.2. The number of methoxy groups -OCH3 is 2. The molecule has 1 amide bonds. The van der Waals surface area contributed by atoms with Gasteiger partial charge in [-0.3, -0.25) is 4.79 Å². The van der Waals surface area contributed by atoms with E-state index in [9.17, 15) is 9.18 Å².